The van der Waals surface area contributed by atoms with Crippen molar-refractivity contribution in [2.75, 3.05) is 13.2 Å². The molecule has 0 rings (SSSR count). The van der Waals surface area contributed by atoms with Crippen LogP contribution in [0.5, 0.6) is 0 Å². The van der Waals surface area contributed by atoms with E-state index in [1.165, 1.54) is 250 Å². The molecule has 0 aromatic rings. The second-order valence-corrected chi connectivity index (χ2v) is 23.4. The van der Waals surface area contributed by atoms with E-state index in [0.717, 1.165) is 83.5 Å². The number of ether oxygens (including phenoxy) is 3. The Morgan fingerprint density at radius 1 is 0.269 bits per heavy atom. The average molecular weight is 1090 g/mol. The third-order valence-electron chi connectivity index (χ3n) is 15.6. The summed E-state index contributed by atoms with van der Waals surface area (Å²) in [6.45, 7) is 6.59. The summed E-state index contributed by atoms with van der Waals surface area (Å²) < 4.78 is 17.0. The minimum Gasteiger partial charge on any atom is -0.462 e. The number of carbonyl (C=O) groups is 3. The van der Waals surface area contributed by atoms with Gasteiger partial charge < -0.3 is 14.2 Å². The second-order valence-electron chi connectivity index (χ2n) is 23.4. The lowest BCUT2D eigenvalue weighted by atomic mass is 10.0. The molecule has 0 aromatic heterocycles. The number of allylic oxidation sites excluding steroid dienone is 8. The van der Waals surface area contributed by atoms with Crippen molar-refractivity contribution >= 4 is 17.9 Å². The summed E-state index contributed by atoms with van der Waals surface area (Å²) in [7, 11) is 0. The van der Waals surface area contributed by atoms with E-state index in [0.29, 0.717) is 19.3 Å². The van der Waals surface area contributed by atoms with Crippen LogP contribution >= 0.6 is 0 Å². The Morgan fingerprint density at radius 3 is 0.782 bits per heavy atom. The standard InChI is InChI=1S/C72H132O6/c1-4-7-10-13-16-19-22-24-26-28-30-32-34-36-38-39-41-43-45-47-50-53-56-59-62-65-71(74)77-68-69(67-76-70(73)64-61-58-55-52-49-21-18-15-12-9-6-3)78-72(75)66-63-60-57-54-51-48-46-44-42-40-37-35-33-31-29-27-25-23-20-17-14-11-8-5-2/h7,10,16,19,24,26,30,32,69H,4-6,8-9,11-15,17-18,20-23,25,27-29,31,33-68H2,1-3H3/b10-7-,19-16-,26-24-,32-30-. The molecule has 0 aliphatic rings. The molecule has 1 atom stereocenters. The molecule has 0 spiro atoms. The summed E-state index contributed by atoms with van der Waals surface area (Å²) in [6, 6.07) is 0. The molecule has 1 unspecified atom stereocenters. The van der Waals surface area contributed by atoms with E-state index >= 15 is 0 Å². The molecule has 78 heavy (non-hydrogen) atoms. The van der Waals surface area contributed by atoms with E-state index in [9.17, 15) is 14.4 Å². The zero-order valence-electron chi connectivity index (χ0n) is 52.5. The van der Waals surface area contributed by atoms with E-state index in [1.807, 2.05) is 0 Å². The fourth-order valence-corrected chi connectivity index (χ4v) is 10.4. The maximum absolute atomic E-state index is 12.9. The normalized spacial score (nSPS) is 12.3. The molecular weight excluding hydrogens is 961 g/mol. The topological polar surface area (TPSA) is 78.9 Å². The van der Waals surface area contributed by atoms with Crippen LogP contribution in [0.15, 0.2) is 48.6 Å². The van der Waals surface area contributed by atoms with Crippen LogP contribution in [0.25, 0.3) is 0 Å². The van der Waals surface area contributed by atoms with Crippen molar-refractivity contribution in [2.24, 2.45) is 0 Å². The molecule has 0 fully saturated rings. The van der Waals surface area contributed by atoms with Crippen LogP contribution in [0.1, 0.15) is 374 Å². The van der Waals surface area contributed by atoms with Crippen molar-refractivity contribution in [2.45, 2.75) is 380 Å². The zero-order chi connectivity index (χ0) is 56.4. The van der Waals surface area contributed by atoms with Crippen LogP contribution in [0.2, 0.25) is 0 Å². The van der Waals surface area contributed by atoms with Gasteiger partial charge in [-0.1, -0.05) is 345 Å². The Labute approximate surface area is 486 Å². The highest BCUT2D eigenvalue weighted by Gasteiger charge is 2.19. The smallest absolute Gasteiger partial charge is 0.306 e. The molecule has 0 amide bonds. The van der Waals surface area contributed by atoms with Gasteiger partial charge >= 0.3 is 17.9 Å². The molecule has 0 heterocycles. The highest BCUT2D eigenvalue weighted by atomic mass is 16.6. The predicted molar refractivity (Wildman–Crippen MR) is 339 cm³/mol. The first-order valence-electron chi connectivity index (χ1n) is 34.6. The third-order valence-corrected chi connectivity index (χ3v) is 15.6. The Balaban J connectivity index is 4.19. The van der Waals surface area contributed by atoms with Gasteiger partial charge in [0.05, 0.1) is 0 Å². The van der Waals surface area contributed by atoms with Gasteiger partial charge in [0, 0.05) is 19.3 Å². The lowest BCUT2D eigenvalue weighted by Gasteiger charge is -2.18. The largest absolute Gasteiger partial charge is 0.462 e. The molecule has 0 saturated carbocycles. The van der Waals surface area contributed by atoms with Gasteiger partial charge in [0.2, 0.25) is 0 Å². The number of hydrogen-bond acceptors (Lipinski definition) is 6. The van der Waals surface area contributed by atoms with Gasteiger partial charge in [-0.25, -0.2) is 0 Å². The Kier molecular flexibility index (Phi) is 64.6. The van der Waals surface area contributed by atoms with Gasteiger partial charge in [0.25, 0.3) is 0 Å². The fourth-order valence-electron chi connectivity index (χ4n) is 10.4. The summed E-state index contributed by atoms with van der Waals surface area (Å²) >= 11 is 0. The lowest BCUT2D eigenvalue weighted by molar-refractivity contribution is -0.167. The van der Waals surface area contributed by atoms with Crippen LogP contribution in [-0.4, -0.2) is 37.2 Å². The number of unbranched alkanes of at least 4 members (excludes halogenated alkanes) is 45. The van der Waals surface area contributed by atoms with Crippen LogP contribution in [0.4, 0.5) is 0 Å². The number of esters is 3. The Hall–Kier alpha value is -2.63. The first kappa shape index (κ1) is 75.4. The quantitative estimate of drug-likeness (QED) is 0.0261. The van der Waals surface area contributed by atoms with Crippen molar-refractivity contribution in [3.63, 3.8) is 0 Å². The van der Waals surface area contributed by atoms with Gasteiger partial charge in [-0.05, 0) is 57.8 Å². The van der Waals surface area contributed by atoms with E-state index < -0.39 is 6.10 Å². The number of rotatable bonds is 64. The molecule has 0 radical (unpaired) electrons. The average Bonchev–Trinajstić information content (AvgIpc) is 3.44. The van der Waals surface area contributed by atoms with Gasteiger partial charge in [-0.2, -0.15) is 0 Å². The number of carbonyl (C=O) groups excluding carboxylic acids is 3. The van der Waals surface area contributed by atoms with Crippen molar-refractivity contribution in [1.82, 2.24) is 0 Å². The van der Waals surface area contributed by atoms with E-state index in [2.05, 4.69) is 69.4 Å². The van der Waals surface area contributed by atoms with Crippen molar-refractivity contribution in [1.29, 1.82) is 0 Å². The summed E-state index contributed by atoms with van der Waals surface area (Å²) in [5.74, 6) is -0.843. The molecule has 0 aliphatic heterocycles. The first-order valence-corrected chi connectivity index (χ1v) is 34.6. The Morgan fingerprint density at radius 2 is 0.500 bits per heavy atom. The van der Waals surface area contributed by atoms with E-state index in [-0.39, 0.29) is 31.1 Å². The van der Waals surface area contributed by atoms with E-state index in [1.54, 1.807) is 0 Å². The highest BCUT2D eigenvalue weighted by molar-refractivity contribution is 5.71. The third kappa shape index (κ3) is 64.2. The van der Waals surface area contributed by atoms with E-state index in [4.69, 9.17) is 14.2 Å². The van der Waals surface area contributed by atoms with Crippen molar-refractivity contribution in [3.8, 4) is 0 Å². The maximum atomic E-state index is 12.9. The molecule has 6 heteroatoms. The summed E-state index contributed by atoms with van der Waals surface area (Å²) in [6.07, 6.45) is 84.3. The van der Waals surface area contributed by atoms with Gasteiger partial charge in [-0.15, -0.1) is 0 Å². The molecule has 0 bridgehead atoms. The van der Waals surface area contributed by atoms with Crippen LogP contribution < -0.4 is 0 Å². The van der Waals surface area contributed by atoms with Gasteiger partial charge in [0.15, 0.2) is 6.10 Å². The summed E-state index contributed by atoms with van der Waals surface area (Å²) in [5, 5.41) is 0. The summed E-state index contributed by atoms with van der Waals surface area (Å²) in [4.78, 5) is 38.4. The lowest BCUT2D eigenvalue weighted by Crippen LogP contribution is -2.30. The molecule has 0 saturated heterocycles. The fraction of sp³-hybridized carbons (Fsp3) is 0.847. The first-order chi connectivity index (χ1) is 38.5. The van der Waals surface area contributed by atoms with Crippen LogP contribution in [-0.2, 0) is 28.6 Å². The summed E-state index contributed by atoms with van der Waals surface area (Å²) in [5.41, 5.74) is 0. The second kappa shape index (κ2) is 66.9. The molecular formula is C72H132O6. The molecule has 0 N–H and O–H groups in total. The molecule has 6 nitrogen and oxygen atoms in total. The molecule has 0 aromatic carbocycles. The molecule has 0 aliphatic carbocycles. The minimum absolute atomic E-state index is 0.0675. The minimum atomic E-state index is -0.770. The number of hydrogen-bond donors (Lipinski definition) is 0. The van der Waals surface area contributed by atoms with Gasteiger partial charge in [-0.3, -0.25) is 14.4 Å². The maximum Gasteiger partial charge on any atom is 0.306 e. The van der Waals surface area contributed by atoms with Crippen LogP contribution in [0, 0.1) is 0 Å². The Bertz CT molecular complexity index is 1350. The molecule has 456 valence electrons. The van der Waals surface area contributed by atoms with Crippen molar-refractivity contribution in [3.05, 3.63) is 48.6 Å². The van der Waals surface area contributed by atoms with Gasteiger partial charge in [0.1, 0.15) is 13.2 Å². The predicted octanol–water partition coefficient (Wildman–Crippen LogP) is 23.7. The monoisotopic (exact) mass is 1090 g/mol. The highest BCUT2D eigenvalue weighted by Crippen LogP contribution is 2.18. The SMILES string of the molecule is CC/C=C\C/C=C\C/C=C\C/C=C\CCCCCCCCCCCCCCC(=O)OCC(COC(=O)CCCCCCCCCCCCC)OC(=O)CCCCCCCCCCCCCCCCCCCCCCCCCC. The zero-order valence-corrected chi connectivity index (χ0v) is 52.5. The van der Waals surface area contributed by atoms with Crippen molar-refractivity contribution < 1.29 is 28.6 Å². The van der Waals surface area contributed by atoms with Crippen LogP contribution in [0.3, 0.4) is 0 Å².